The highest BCUT2D eigenvalue weighted by molar-refractivity contribution is 5.69. The van der Waals surface area contributed by atoms with Crippen molar-refractivity contribution in [2.45, 2.75) is 18.8 Å². The number of rotatable bonds is 3. The molecule has 7 heteroatoms. The molecule has 0 aromatic heterocycles. The van der Waals surface area contributed by atoms with E-state index in [-0.39, 0.29) is 19.7 Å². The van der Waals surface area contributed by atoms with Gasteiger partial charge in [0.1, 0.15) is 6.61 Å². The van der Waals surface area contributed by atoms with Crippen molar-refractivity contribution in [3.05, 3.63) is 35.9 Å². The molecule has 7 nitrogen and oxygen atoms in total. The molecular formula is C13H16N2O5. The molecule has 2 rings (SSSR count). The summed E-state index contributed by atoms with van der Waals surface area (Å²) >= 11 is 0. The van der Waals surface area contributed by atoms with Crippen LogP contribution in [0.1, 0.15) is 5.56 Å². The molecule has 1 aliphatic heterocycles. The maximum Gasteiger partial charge on any atom is 0.407 e. The summed E-state index contributed by atoms with van der Waals surface area (Å²) in [5.74, 6) is 0. The van der Waals surface area contributed by atoms with Crippen LogP contribution in [-0.2, 0) is 11.3 Å². The van der Waals surface area contributed by atoms with Crippen molar-refractivity contribution < 1.29 is 24.5 Å². The van der Waals surface area contributed by atoms with Gasteiger partial charge in [0, 0.05) is 6.54 Å². The van der Waals surface area contributed by atoms with Crippen molar-refractivity contribution in [2.24, 2.45) is 0 Å². The van der Waals surface area contributed by atoms with Crippen molar-refractivity contribution in [2.75, 3.05) is 13.1 Å². The van der Waals surface area contributed by atoms with E-state index in [0.717, 1.165) is 10.5 Å². The second-order valence-corrected chi connectivity index (χ2v) is 4.57. The van der Waals surface area contributed by atoms with E-state index in [2.05, 4.69) is 5.32 Å². The molecule has 1 aliphatic rings. The van der Waals surface area contributed by atoms with Gasteiger partial charge in [-0.25, -0.2) is 9.59 Å². The lowest BCUT2D eigenvalue weighted by Crippen LogP contribution is -2.43. The summed E-state index contributed by atoms with van der Waals surface area (Å²) in [7, 11) is 0. The number of nitrogens with one attached hydrogen (secondary N) is 1. The van der Waals surface area contributed by atoms with E-state index in [9.17, 15) is 14.7 Å². The van der Waals surface area contributed by atoms with Crippen LogP contribution in [0.4, 0.5) is 9.59 Å². The Hall–Kier alpha value is -2.28. The third-order valence-corrected chi connectivity index (χ3v) is 3.08. The van der Waals surface area contributed by atoms with Crippen LogP contribution in [0.15, 0.2) is 30.3 Å². The molecule has 0 spiro atoms. The number of carboxylic acid groups (broad SMARTS) is 1. The summed E-state index contributed by atoms with van der Waals surface area (Å²) in [5.41, 5.74) is 0.849. The molecule has 0 radical (unpaired) electrons. The Balaban J connectivity index is 1.79. The number of benzene rings is 1. The predicted octanol–water partition coefficient (Wildman–Crippen LogP) is 0.636. The molecule has 1 fully saturated rings. The minimum atomic E-state index is -1.12. The Morgan fingerprint density at radius 3 is 2.60 bits per heavy atom. The Morgan fingerprint density at radius 1 is 1.30 bits per heavy atom. The van der Waals surface area contributed by atoms with E-state index in [1.54, 1.807) is 0 Å². The molecule has 0 aliphatic carbocycles. The van der Waals surface area contributed by atoms with Gasteiger partial charge in [0.2, 0.25) is 0 Å². The Bertz CT molecular complexity index is 479. The zero-order valence-corrected chi connectivity index (χ0v) is 10.7. The molecule has 20 heavy (non-hydrogen) atoms. The van der Waals surface area contributed by atoms with E-state index >= 15 is 0 Å². The first-order valence-corrected chi connectivity index (χ1v) is 6.19. The standard InChI is InChI=1S/C13H16N2O5/c16-11-7-15(13(18)19)6-10(11)14-12(17)20-8-9-4-2-1-3-5-9/h1-5,10-11,16H,6-8H2,(H,14,17)(H,18,19)/t10-,11+/m1/s1. The van der Waals surface area contributed by atoms with E-state index < -0.39 is 24.3 Å². The molecule has 108 valence electrons. The fraction of sp³-hybridized carbons (Fsp3) is 0.385. The molecule has 0 bridgehead atoms. The van der Waals surface area contributed by atoms with Crippen LogP contribution in [0.25, 0.3) is 0 Å². The number of hydrogen-bond acceptors (Lipinski definition) is 4. The average Bonchev–Trinajstić information content (AvgIpc) is 2.79. The van der Waals surface area contributed by atoms with E-state index in [1.807, 2.05) is 30.3 Å². The van der Waals surface area contributed by atoms with Crippen LogP contribution >= 0.6 is 0 Å². The third-order valence-electron chi connectivity index (χ3n) is 3.08. The lowest BCUT2D eigenvalue weighted by molar-refractivity contribution is 0.117. The Kier molecular flexibility index (Phi) is 4.41. The van der Waals surface area contributed by atoms with Gasteiger partial charge in [-0.15, -0.1) is 0 Å². The molecule has 2 amide bonds. The van der Waals surface area contributed by atoms with E-state index in [1.165, 1.54) is 0 Å². The quantitative estimate of drug-likeness (QED) is 0.754. The van der Waals surface area contributed by atoms with Crippen LogP contribution in [0.2, 0.25) is 0 Å². The first-order valence-electron chi connectivity index (χ1n) is 6.19. The number of carbonyl (C=O) groups excluding carboxylic acids is 1. The highest BCUT2D eigenvalue weighted by Crippen LogP contribution is 2.10. The van der Waals surface area contributed by atoms with Crippen molar-refractivity contribution in [1.29, 1.82) is 0 Å². The second kappa shape index (κ2) is 6.25. The zero-order chi connectivity index (χ0) is 14.5. The number of amides is 2. The first-order chi connectivity index (χ1) is 9.56. The maximum atomic E-state index is 11.6. The first kappa shape index (κ1) is 14.1. The fourth-order valence-corrected chi connectivity index (χ4v) is 2.00. The number of aliphatic hydroxyl groups excluding tert-OH is 1. The number of alkyl carbamates (subject to hydrolysis) is 1. The predicted molar refractivity (Wildman–Crippen MR) is 69.2 cm³/mol. The summed E-state index contributed by atoms with van der Waals surface area (Å²) in [6.07, 6.45) is -2.72. The van der Waals surface area contributed by atoms with Gasteiger partial charge in [-0.05, 0) is 5.56 Å². The molecule has 1 aromatic carbocycles. The molecule has 1 saturated heterocycles. The van der Waals surface area contributed by atoms with E-state index in [4.69, 9.17) is 9.84 Å². The Morgan fingerprint density at radius 2 is 2.00 bits per heavy atom. The number of likely N-dealkylation sites (tertiary alicyclic amines) is 1. The van der Waals surface area contributed by atoms with Crippen molar-refractivity contribution in [1.82, 2.24) is 10.2 Å². The number of β-amino-alcohol motifs (C(OH)–C–C–N with tert-alkyl or cyclic N) is 1. The van der Waals surface area contributed by atoms with Crippen molar-refractivity contribution in [3.63, 3.8) is 0 Å². The molecule has 1 aromatic rings. The molecule has 1 heterocycles. The van der Waals surface area contributed by atoms with Gasteiger partial charge in [0.05, 0.1) is 18.7 Å². The molecule has 3 N–H and O–H groups in total. The normalized spacial score (nSPS) is 21.6. The van der Waals surface area contributed by atoms with Gasteiger partial charge in [0.25, 0.3) is 0 Å². The number of hydrogen-bond donors (Lipinski definition) is 3. The van der Waals surface area contributed by atoms with Gasteiger partial charge in [-0.1, -0.05) is 30.3 Å². The summed E-state index contributed by atoms with van der Waals surface area (Å²) < 4.78 is 5.01. The number of aliphatic hydroxyl groups is 1. The van der Waals surface area contributed by atoms with Gasteiger partial charge in [-0.2, -0.15) is 0 Å². The van der Waals surface area contributed by atoms with E-state index in [0.29, 0.717) is 0 Å². The summed E-state index contributed by atoms with van der Waals surface area (Å²) in [6.45, 7) is 0.161. The maximum absolute atomic E-state index is 11.6. The van der Waals surface area contributed by atoms with Crippen LogP contribution in [0.5, 0.6) is 0 Å². The van der Waals surface area contributed by atoms with Gasteiger partial charge in [0.15, 0.2) is 0 Å². The number of carbonyl (C=O) groups is 2. The number of ether oxygens (including phenoxy) is 1. The lowest BCUT2D eigenvalue weighted by Gasteiger charge is -2.15. The summed E-state index contributed by atoms with van der Waals surface area (Å²) in [6, 6.07) is 8.53. The summed E-state index contributed by atoms with van der Waals surface area (Å²) in [4.78, 5) is 23.4. The van der Waals surface area contributed by atoms with Crippen molar-refractivity contribution in [3.8, 4) is 0 Å². The number of nitrogens with zero attached hydrogens (tertiary/aromatic N) is 1. The molecule has 2 atom stereocenters. The highest BCUT2D eigenvalue weighted by Gasteiger charge is 2.35. The monoisotopic (exact) mass is 280 g/mol. The van der Waals surface area contributed by atoms with Gasteiger partial charge >= 0.3 is 12.2 Å². The molecule has 0 saturated carbocycles. The second-order valence-electron chi connectivity index (χ2n) is 4.57. The van der Waals surface area contributed by atoms with Crippen LogP contribution in [0, 0.1) is 0 Å². The Labute approximate surface area is 115 Å². The molecule has 0 unspecified atom stereocenters. The largest absolute Gasteiger partial charge is 0.465 e. The van der Waals surface area contributed by atoms with Crippen LogP contribution < -0.4 is 5.32 Å². The molecular weight excluding hydrogens is 264 g/mol. The summed E-state index contributed by atoms with van der Waals surface area (Å²) in [5, 5.41) is 20.9. The fourth-order valence-electron chi connectivity index (χ4n) is 2.00. The van der Waals surface area contributed by atoms with Crippen LogP contribution in [-0.4, -0.2) is 52.5 Å². The average molecular weight is 280 g/mol. The smallest absolute Gasteiger partial charge is 0.407 e. The highest BCUT2D eigenvalue weighted by atomic mass is 16.5. The van der Waals surface area contributed by atoms with Gasteiger partial charge < -0.3 is 25.2 Å². The topological polar surface area (TPSA) is 99.1 Å². The lowest BCUT2D eigenvalue weighted by atomic mass is 10.2. The zero-order valence-electron chi connectivity index (χ0n) is 10.7. The van der Waals surface area contributed by atoms with Gasteiger partial charge in [-0.3, -0.25) is 0 Å². The third kappa shape index (κ3) is 3.61. The minimum absolute atomic E-state index is 0.0149. The van der Waals surface area contributed by atoms with Crippen molar-refractivity contribution >= 4 is 12.2 Å². The minimum Gasteiger partial charge on any atom is -0.465 e. The van der Waals surface area contributed by atoms with Crippen LogP contribution in [0.3, 0.4) is 0 Å². The SMILES string of the molecule is O=C(N[C@@H]1CN(C(=O)O)C[C@@H]1O)OCc1ccccc1.